The molecule has 10 unspecified atom stereocenters. The van der Waals surface area contributed by atoms with Gasteiger partial charge in [-0.25, -0.2) is 0 Å². The molecule has 2 aliphatic heterocycles. The molecule has 6 nitrogen and oxygen atoms in total. The molecule has 0 bridgehead atoms. The summed E-state index contributed by atoms with van der Waals surface area (Å²) < 4.78 is 25.4. The molecule has 0 aromatic carbocycles. The first-order chi connectivity index (χ1) is 17.5. The fourth-order valence-corrected chi connectivity index (χ4v) is 10.9. The minimum Gasteiger partial charge on any atom is -0.463 e. The lowest BCUT2D eigenvalue weighted by atomic mass is 9.43. The highest BCUT2D eigenvalue weighted by molar-refractivity contribution is 5.66. The number of hydrogen-bond donors (Lipinski definition) is 0. The Balaban J connectivity index is 1.30. The zero-order chi connectivity index (χ0) is 26.3. The van der Waals surface area contributed by atoms with Gasteiger partial charge in [0.2, 0.25) is 0 Å². The average Bonchev–Trinajstić information content (AvgIpc) is 3.27. The second-order valence-corrected chi connectivity index (χ2v) is 14.3. The van der Waals surface area contributed by atoms with Crippen LogP contribution in [0.25, 0.3) is 0 Å². The molecule has 0 aromatic rings. The average molecular weight is 517 g/mol. The summed E-state index contributed by atoms with van der Waals surface area (Å²) in [5.74, 6) is 2.66. The lowest BCUT2D eigenvalue weighted by Gasteiger charge is -2.62. The van der Waals surface area contributed by atoms with E-state index in [2.05, 4.69) is 27.7 Å². The summed E-state index contributed by atoms with van der Waals surface area (Å²) in [6, 6.07) is 0. The van der Waals surface area contributed by atoms with Crippen LogP contribution in [0.1, 0.15) is 99.3 Å². The van der Waals surface area contributed by atoms with E-state index >= 15 is 0 Å². The number of fused-ring (bicyclic) bond motifs is 7. The van der Waals surface area contributed by atoms with Gasteiger partial charge in [-0.1, -0.05) is 27.7 Å². The normalized spacial score (nSPS) is 54.5. The molecule has 2 heterocycles. The molecule has 37 heavy (non-hydrogen) atoms. The van der Waals surface area contributed by atoms with E-state index in [-0.39, 0.29) is 41.1 Å². The number of rotatable bonds is 2. The molecule has 6 fully saturated rings. The molecule has 6 rings (SSSR count). The Morgan fingerprint density at radius 1 is 0.865 bits per heavy atom. The van der Waals surface area contributed by atoms with Crippen LogP contribution in [0.5, 0.6) is 0 Å². The van der Waals surface area contributed by atoms with Crippen LogP contribution in [0.15, 0.2) is 0 Å². The molecule has 6 aliphatic rings. The number of esters is 2. The Labute approximate surface area is 222 Å². The van der Waals surface area contributed by atoms with Crippen LogP contribution in [0.2, 0.25) is 0 Å². The van der Waals surface area contributed by atoms with Gasteiger partial charge >= 0.3 is 11.9 Å². The van der Waals surface area contributed by atoms with Crippen molar-refractivity contribution in [1.82, 2.24) is 0 Å². The number of hydrogen-bond acceptors (Lipinski definition) is 6. The van der Waals surface area contributed by atoms with Crippen molar-refractivity contribution < 1.29 is 28.5 Å². The van der Waals surface area contributed by atoms with Gasteiger partial charge in [-0.2, -0.15) is 0 Å². The highest BCUT2D eigenvalue weighted by atomic mass is 16.7. The Kier molecular flexibility index (Phi) is 6.31. The Morgan fingerprint density at radius 2 is 1.62 bits per heavy atom. The van der Waals surface area contributed by atoms with E-state index in [0.717, 1.165) is 51.6 Å². The van der Waals surface area contributed by atoms with Crippen molar-refractivity contribution in [2.24, 2.45) is 52.3 Å². The molecule has 4 aliphatic carbocycles. The summed E-state index contributed by atoms with van der Waals surface area (Å²) in [5.41, 5.74) is 0.109. The van der Waals surface area contributed by atoms with E-state index in [1.807, 2.05) is 0 Å². The fourth-order valence-electron chi connectivity index (χ4n) is 10.9. The quantitative estimate of drug-likeness (QED) is 0.425. The zero-order valence-corrected chi connectivity index (χ0v) is 23.8. The third-order valence-corrected chi connectivity index (χ3v) is 12.6. The van der Waals surface area contributed by atoms with Crippen molar-refractivity contribution in [2.45, 2.75) is 123 Å². The predicted molar refractivity (Wildman–Crippen MR) is 138 cm³/mol. The molecule has 0 amide bonds. The lowest BCUT2D eigenvalue weighted by Crippen LogP contribution is -2.60. The van der Waals surface area contributed by atoms with Gasteiger partial charge in [0.25, 0.3) is 0 Å². The van der Waals surface area contributed by atoms with Gasteiger partial charge in [-0.3, -0.25) is 9.59 Å². The first kappa shape index (κ1) is 26.1. The molecule has 2 saturated heterocycles. The number of carbonyl (C=O) groups excluding carboxylic acids is 2. The summed E-state index contributed by atoms with van der Waals surface area (Å²) >= 11 is 0. The molecular formula is C31H48O6. The highest BCUT2D eigenvalue weighted by Gasteiger charge is 2.72. The third-order valence-electron chi connectivity index (χ3n) is 12.6. The van der Waals surface area contributed by atoms with Gasteiger partial charge in [0, 0.05) is 37.5 Å². The van der Waals surface area contributed by atoms with Gasteiger partial charge in [-0.15, -0.1) is 0 Å². The first-order valence-electron chi connectivity index (χ1n) is 15.1. The van der Waals surface area contributed by atoms with Gasteiger partial charge in [0.15, 0.2) is 5.79 Å². The van der Waals surface area contributed by atoms with E-state index in [0.29, 0.717) is 41.4 Å². The molecule has 0 N–H and O–H groups in total. The monoisotopic (exact) mass is 516 g/mol. The van der Waals surface area contributed by atoms with Crippen LogP contribution >= 0.6 is 0 Å². The molecular weight excluding hydrogens is 468 g/mol. The van der Waals surface area contributed by atoms with E-state index in [9.17, 15) is 9.59 Å². The SMILES string of the molecule is CC(=O)OC1CCC2(C)C(CCC3C2CC(OC(C)=O)C2(C)C3C[C@@H]3O[C@]4(CC[C@@H](C)CO4)C(C)C32)C1. The molecule has 0 radical (unpaired) electrons. The molecule has 13 atom stereocenters. The summed E-state index contributed by atoms with van der Waals surface area (Å²) in [6.07, 6.45) is 9.70. The Hall–Kier alpha value is -1.14. The predicted octanol–water partition coefficient (Wildman–Crippen LogP) is 5.91. The molecule has 4 saturated carbocycles. The maximum absolute atomic E-state index is 12.5. The summed E-state index contributed by atoms with van der Waals surface area (Å²) in [5, 5.41) is 0. The van der Waals surface area contributed by atoms with Gasteiger partial charge < -0.3 is 18.9 Å². The van der Waals surface area contributed by atoms with Crippen LogP contribution in [0.4, 0.5) is 0 Å². The molecule has 6 heteroatoms. The smallest absolute Gasteiger partial charge is 0.302 e. The van der Waals surface area contributed by atoms with Crippen LogP contribution in [0, 0.1) is 52.3 Å². The third kappa shape index (κ3) is 3.85. The van der Waals surface area contributed by atoms with Crippen molar-refractivity contribution in [1.29, 1.82) is 0 Å². The first-order valence-corrected chi connectivity index (χ1v) is 15.1. The van der Waals surface area contributed by atoms with Crippen LogP contribution in [-0.2, 0) is 28.5 Å². The number of ether oxygens (including phenoxy) is 4. The van der Waals surface area contributed by atoms with E-state index in [4.69, 9.17) is 18.9 Å². The topological polar surface area (TPSA) is 71.1 Å². The number of carbonyl (C=O) groups is 2. The van der Waals surface area contributed by atoms with E-state index in [1.165, 1.54) is 19.8 Å². The molecule has 208 valence electrons. The summed E-state index contributed by atoms with van der Waals surface area (Å²) in [4.78, 5) is 24.1. The van der Waals surface area contributed by atoms with Crippen molar-refractivity contribution in [3.8, 4) is 0 Å². The van der Waals surface area contributed by atoms with Crippen LogP contribution in [-0.4, -0.2) is 42.6 Å². The standard InChI is InChI=1S/C31H48O6/c1-17-9-12-31(34-16-17)18(2)28-26(37-31)14-25-23-8-7-21-13-22(35-19(3)32)10-11-29(21,5)24(23)15-27(30(25,28)6)36-20(4)33/h17-18,21-28H,7-16H2,1-6H3/t17-,18?,21?,22?,23?,24?,25?,26+,27?,28?,29?,30?,31-/m1/s1. The van der Waals surface area contributed by atoms with Crippen molar-refractivity contribution >= 4 is 11.9 Å². The second kappa shape index (κ2) is 8.94. The van der Waals surface area contributed by atoms with Crippen molar-refractivity contribution in [3.63, 3.8) is 0 Å². The minimum absolute atomic E-state index is 0.0553. The zero-order valence-electron chi connectivity index (χ0n) is 23.8. The lowest BCUT2D eigenvalue weighted by molar-refractivity contribution is -0.274. The highest BCUT2D eigenvalue weighted by Crippen LogP contribution is 2.71. The van der Waals surface area contributed by atoms with E-state index < -0.39 is 5.79 Å². The Morgan fingerprint density at radius 3 is 2.30 bits per heavy atom. The largest absolute Gasteiger partial charge is 0.463 e. The van der Waals surface area contributed by atoms with E-state index in [1.54, 1.807) is 6.92 Å². The molecule has 1 spiro atoms. The summed E-state index contributed by atoms with van der Waals surface area (Å²) in [6.45, 7) is 13.4. The second-order valence-electron chi connectivity index (χ2n) is 14.3. The minimum atomic E-state index is -0.466. The van der Waals surface area contributed by atoms with Crippen molar-refractivity contribution in [3.05, 3.63) is 0 Å². The van der Waals surface area contributed by atoms with Crippen LogP contribution in [0.3, 0.4) is 0 Å². The van der Waals surface area contributed by atoms with Crippen molar-refractivity contribution in [2.75, 3.05) is 6.61 Å². The maximum Gasteiger partial charge on any atom is 0.302 e. The maximum atomic E-state index is 12.5. The van der Waals surface area contributed by atoms with Gasteiger partial charge in [-0.05, 0) is 86.4 Å². The van der Waals surface area contributed by atoms with Crippen LogP contribution < -0.4 is 0 Å². The summed E-state index contributed by atoms with van der Waals surface area (Å²) in [7, 11) is 0. The Bertz CT molecular complexity index is 925. The fraction of sp³-hybridized carbons (Fsp3) is 0.935. The van der Waals surface area contributed by atoms with Gasteiger partial charge in [0.05, 0.1) is 12.7 Å². The molecule has 0 aromatic heterocycles. The van der Waals surface area contributed by atoms with Gasteiger partial charge in [0.1, 0.15) is 12.2 Å².